The van der Waals surface area contributed by atoms with E-state index in [-0.39, 0.29) is 6.03 Å². The van der Waals surface area contributed by atoms with Gasteiger partial charge in [-0.05, 0) is 36.8 Å². The van der Waals surface area contributed by atoms with Gasteiger partial charge < -0.3 is 24.9 Å². The lowest BCUT2D eigenvalue weighted by atomic mass is 9.26. The third-order valence-corrected chi connectivity index (χ3v) is 7.78. The minimum Gasteiger partial charge on any atom is -0.369 e. The van der Waals surface area contributed by atoms with E-state index in [4.69, 9.17) is 39.2 Å². The number of carbonyl (C=O) groups is 1. The van der Waals surface area contributed by atoms with Crippen LogP contribution in [-0.4, -0.2) is 129 Å². The zero-order valence-electron chi connectivity index (χ0n) is 22.5. The van der Waals surface area contributed by atoms with E-state index >= 15 is 0 Å². The molecule has 8 nitrogen and oxygen atoms in total. The summed E-state index contributed by atoms with van der Waals surface area (Å²) in [6, 6.07) is 12.7. The molecule has 2 aromatic heterocycles. The molecule has 2 saturated heterocycles. The van der Waals surface area contributed by atoms with Crippen molar-refractivity contribution in [1.82, 2.24) is 24.7 Å². The molecule has 2 fully saturated rings. The van der Waals surface area contributed by atoms with Crippen molar-refractivity contribution in [3.63, 3.8) is 0 Å². The van der Waals surface area contributed by atoms with Crippen LogP contribution in [0.1, 0.15) is 6.92 Å². The Morgan fingerprint density at radius 1 is 0.872 bits per heavy atom. The minimum absolute atomic E-state index is 0.00269. The molecule has 0 saturated carbocycles. The fraction of sp³-hybridized carbons (Fsp3) is 0.462. The second kappa shape index (κ2) is 10.9. The normalized spacial score (nSPS) is 17.5. The van der Waals surface area contributed by atoms with Gasteiger partial charge in [-0.3, -0.25) is 0 Å². The summed E-state index contributed by atoms with van der Waals surface area (Å²) >= 11 is 0. The van der Waals surface area contributed by atoms with Crippen molar-refractivity contribution >= 4 is 62.2 Å². The molecule has 0 bridgehead atoms. The van der Waals surface area contributed by atoms with E-state index in [1.807, 2.05) is 33.5 Å². The molecule has 1 aromatic carbocycles. The lowest BCUT2D eigenvalue weighted by Crippen LogP contribution is -2.64. The van der Waals surface area contributed by atoms with E-state index in [1.165, 1.54) is 0 Å². The largest absolute Gasteiger partial charge is 0.369 e. The Kier molecular flexibility index (Phi) is 7.73. The fourth-order valence-electron chi connectivity index (χ4n) is 5.31. The van der Waals surface area contributed by atoms with E-state index < -0.39 is 10.5 Å². The van der Waals surface area contributed by atoms with Gasteiger partial charge in [0.2, 0.25) is 0 Å². The molecule has 1 N–H and O–H groups in total. The highest BCUT2D eigenvalue weighted by Gasteiger charge is 2.37. The average molecular weight is 511 g/mol. The van der Waals surface area contributed by atoms with Crippen molar-refractivity contribution in [3.05, 3.63) is 48.8 Å². The molecule has 4 heterocycles. The number of hydrogen-bond acceptors (Lipinski definition) is 5. The maximum Gasteiger partial charge on any atom is 0.317 e. The summed E-state index contributed by atoms with van der Waals surface area (Å²) in [6.07, 6.45) is 3.88. The zero-order chi connectivity index (χ0) is 27.8. The predicted octanol–water partition coefficient (Wildman–Crippen LogP) is 0.545. The van der Waals surface area contributed by atoms with Crippen molar-refractivity contribution in [3.8, 4) is 11.1 Å². The number of urea groups is 1. The Hall–Kier alpha value is -2.94. The van der Waals surface area contributed by atoms with Crippen LogP contribution < -0.4 is 15.1 Å². The van der Waals surface area contributed by atoms with Crippen LogP contribution in [0.5, 0.6) is 0 Å². The number of amides is 2. The quantitative estimate of drug-likeness (QED) is 0.491. The second-order valence-corrected chi connectivity index (χ2v) is 10.4. The first-order chi connectivity index (χ1) is 18.6. The van der Waals surface area contributed by atoms with Gasteiger partial charge in [0.05, 0.1) is 50.4 Å². The molecule has 0 atom stereocenters. The Bertz CT molecular complexity index is 1290. The van der Waals surface area contributed by atoms with Gasteiger partial charge in [-0.15, -0.1) is 5.11 Å². The van der Waals surface area contributed by atoms with Gasteiger partial charge in [0.15, 0.2) is 0 Å². The van der Waals surface area contributed by atoms with E-state index in [1.54, 1.807) is 0 Å². The smallest absolute Gasteiger partial charge is 0.317 e. The minimum atomic E-state index is -1.70. The second-order valence-electron chi connectivity index (χ2n) is 10.4. The SMILES string of the molecule is [B]C([B])([B])C([B])([B])N1CCN(c2ccc(-c3cc4c(N5CCN(C(=O)NCC)CC5)ccnn4c3)cc2)CC1. The number of anilines is 2. The van der Waals surface area contributed by atoms with Gasteiger partial charge in [0.25, 0.3) is 0 Å². The van der Waals surface area contributed by atoms with Gasteiger partial charge in [-0.25, -0.2) is 9.31 Å². The molecule has 2 aliphatic heterocycles. The van der Waals surface area contributed by atoms with Crippen molar-refractivity contribution in [2.24, 2.45) is 0 Å². The van der Waals surface area contributed by atoms with Crippen LogP contribution in [-0.2, 0) is 0 Å². The number of fused-ring (bicyclic) bond motifs is 1. The first kappa shape index (κ1) is 27.6. The number of piperazine rings is 2. The number of benzene rings is 1. The maximum atomic E-state index is 12.2. The topological polar surface area (TPSA) is 59.4 Å². The highest BCUT2D eigenvalue weighted by molar-refractivity contribution is 6.67. The number of nitrogens with one attached hydrogen (secondary N) is 1. The fourth-order valence-corrected chi connectivity index (χ4v) is 5.31. The van der Waals surface area contributed by atoms with Gasteiger partial charge in [-0.1, -0.05) is 17.5 Å². The van der Waals surface area contributed by atoms with Crippen LogP contribution in [0, 0.1) is 0 Å². The number of nitrogens with zero attached hydrogens (tertiary/aromatic N) is 6. The average Bonchev–Trinajstić information content (AvgIpc) is 3.37. The third kappa shape index (κ3) is 5.56. The summed E-state index contributed by atoms with van der Waals surface area (Å²) in [7, 11) is 29.7. The molecule has 3 aromatic rings. The summed E-state index contributed by atoms with van der Waals surface area (Å²) in [6.45, 7) is 8.14. The molecule has 0 aliphatic carbocycles. The molecule has 39 heavy (non-hydrogen) atoms. The lowest BCUT2D eigenvalue weighted by molar-refractivity contribution is 0.195. The van der Waals surface area contributed by atoms with Gasteiger partial charge in [0.1, 0.15) is 0 Å². The van der Waals surface area contributed by atoms with Crippen molar-refractivity contribution < 1.29 is 4.79 Å². The van der Waals surface area contributed by atoms with Crippen LogP contribution in [0.4, 0.5) is 16.2 Å². The summed E-state index contributed by atoms with van der Waals surface area (Å²) in [5, 5.41) is 4.23. The van der Waals surface area contributed by atoms with Crippen LogP contribution >= 0.6 is 0 Å². The zero-order valence-corrected chi connectivity index (χ0v) is 22.5. The van der Waals surface area contributed by atoms with Gasteiger partial charge >= 0.3 is 6.03 Å². The van der Waals surface area contributed by atoms with E-state index in [0.29, 0.717) is 32.7 Å². The Labute approximate surface area is 237 Å². The number of carbonyl (C=O) groups excluding carboxylic acids is 1. The van der Waals surface area contributed by atoms with Crippen molar-refractivity contribution in [2.75, 3.05) is 68.7 Å². The molecule has 13 heteroatoms. The van der Waals surface area contributed by atoms with Crippen LogP contribution in [0.2, 0.25) is 5.11 Å². The van der Waals surface area contributed by atoms with Gasteiger partial charge in [-0.2, -0.15) is 5.10 Å². The molecule has 190 valence electrons. The number of aromatic nitrogens is 2. The standard InChI is InChI=1S/C26H30B5N7O/c1-2-32-24(39)36-11-9-35(10-12-36)22-7-8-33-38-18-20(17-23(22)38)19-3-5-21(6-4-19)34-13-15-37(16-14-34)26(30,31)25(27,28)29/h3-8,17-18H,2,9-16H2,1H3,(H,32,39). The lowest BCUT2D eigenvalue weighted by Gasteiger charge is -2.53. The van der Waals surface area contributed by atoms with Gasteiger partial charge in [0, 0.05) is 82.5 Å². The summed E-state index contributed by atoms with van der Waals surface area (Å²) < 4.78 is 1.92. The molecule has 0 spiro atoms. The third-order valence-electron chi connectivity index (χ3n) is 7.78. The molecule has 2 aliphatic rings. The maximum absolute atomic E-state index is 12.2. The molecule has 2 amide bonds. The molecular weight excluding hydrogens is 480 g/mol. The highest BCUT2D eigenvalue weighted by Crippen LogP contribution is 2.32. The summed E-state index contributed by atoms with van der Waals surface area (Å²) in [5.41, 5.74) is 5.48. The van der Waals surface area contributed by atoms with Crippen LogP contribution in [0.15, 0.2) is 48.8 Å². The predicted molar refractivity (Wildman–Crippen MR) is 161 cm³/mol. The Morgan fingerprint density at radius 2 is 1.51 bits per heavy atom. The molecule has 0 unspecified atom stereocenters. The van der Waals surface area contributed by atoms with Crippen LogP contribution in [0.3, 0.4) is 0 Å². The number of hydrogen-bond donors (Lipinski definition) is 1. The number of rotatable bonds is 6. The monoisotopic (exact) mass is 511 g/mol. The highest BCUT2D eigenvalue weighted by atomic mass is 16.2. The first-order valence-electron chi connectivity index (χ1n) is 13.4. The summed E-state index contributed by atoms with van der Waals surface area (Å²) in [5.74, 6) is 0. The first-order valence-corrected chi connectivity index (χ1v) is 13.4. The van der Waals surface area contributed by atoms with E-state index in [9.17, 15) is 4.79 Å². The van der Waals surface area contributed by atoms with Crippen molar-refractivity contribution in [1.29, 1.82) is 0 Å². The van der Waals surface area contributed by atoms with Crippen LogP contribution in [0.25, 0.3) is 16.6 Å². The Morgan fingerprint density at radius 3 is 2.13 bits per heavy atom. The molecule has 10 radical (unpaired) electrons. The molecule has 5 rings (SSSR count). The molecular formula is C26H30B5N7O. The van der Waals surface area contributed by atoms with E-state index in [2.05, 4.69) is 56.7 Å². The summed E-state index contributed by atoms with van der Waals surface area (Å²) in [4.78, 5) is 20.5. The van der Waals surface area contributed by atoms with E-state index in [0.717, 1.165) is 54.2 Å². The Balaban J connectivity index is 1.26. The van der Waals surface area contributed by atoms with Crippen molar-refractivity contribution in [2.45, 2.75) is 17.4 Å².